The molecular weight excluding hydrogens is 364 g/mol. The van der Waals surface area contributed by atoms with E-state index in [0.717, 1.165) is 29.8 Å². The summed E-state index contributed by atoms with van der Waals surface area (Å²) in [6.07, 6.45) is 3.47. The Morgan fingerprint density at radius 2 is 1.90 bits per heavy atom. The van der Waals surface area contributed by atoms with Crippen molar-refractivity contribution in [3.63, 3.8) is 0 Å². The summed E-state index contributed by atoms with van der Waals surface area (Å²) in [7, 11) is 0. The summed E-state index contributed by atoms with van der Waals surface area (Å²) in [6, 6.07) is 17.7. The van der Waals surface area contributed by atoms with Crippen molar-refractivity contribution in [3.05, 3.63) is 65.9 Å². The molecule has 0 amide bonds. The van der Waals surface area contributed by atoms with Crippen LogP contribution in [0.15, 0.2) is 54.7 Å². The van der Waals surface area contributed by atoms with Crippen molar-refractivity contribution in [2.45, 2.75) is 25.9 Å². The number of aryl methyl sites for hydroxylation is 1. The second-order valence-electron chi connectivity index (χ2n) is 7.01. The van der Waals surface area contributed by atoms with Gasteiger partial charge in [-0.2, -0.15) is 5.26 Å². The van der Waals surface area contributed by atoms with Crippen LogP contribution in [-0.4, -0.2) is 29.3 Å². The Balaban J connectivity index is 1.54. The maximum Gasteiger partial charge on any atom is 0.227 e. The van der Waals surface area contributed by atoms with Crippen LogP contribution in [0.3, 0.4) is 0 Å². The maximum absolute atomic E-state index is 9.59. The number of nitrogens with one attached hydrogen (secondary N) is 1. The van der Waals surface area contributed by atoms with Gasteiger partial charge in [-0.25, -0.2) is 9.97 Å². The first kappa shape index (κ1) is 18.9. The van der Waals surface area contributed by atoms with Crippen LogP contribution in [0.4, 0.5) is 11.6 Å². The number of benzene rings is 2. The van der Waals surface area contributed by atoms with Crippen LogP contribution in [0, 0.1) is 18.3 Å². The van der Waals surface area contributed by atoms with Crippen LogP contribution in [0.25, 0.3) is 11.3 Å². The molecule has 0 bridgehead atoms. The maximum atomic E-state index is 9.59. The van der Waals surface area contributed by atoms with Gasteiger partial charge in [-0.3, -0.25) is 0 Å². The fourth-order valence-electron chi connectivity index (χ4n) is 3.20. The number of hydrogen-bond donors (Lipinski definition) is 1. The molecule has 0 atom stereocenters. The number of aromatic nitrogens is 2. The Morgan fingerprint density at radius 1 is 1.10 bits per heavy atom. The second-order valence-corrected chi connectivity index (χ2v) is 7.01. The Kier molecular flexibility index (Phi) is 5.68. The quantitative estimate of drug-likeness (QED) is 0.689. The number of nitrogens with zero attached hydrogens (tertiary/aromatic N) is 3. The minimum absolute atomic E-state index is 0.0889. The largest absolute Gasteiger partial charge is 0.489 e. The van der Waals surface area contributed by atoms with Gasteiger partial charge in [-0.1, -0.05) is 17.7 Å². The van der Waals surface area contributed by atoms with Crippen molar-refractivity contribution in [1.82, 2.24) is 9.97 Å². The van der Waals surface area contributed by atoms with E-state index in [1.807, 2.05) is 55.5 Å². The highest BCUT2D eigenvalue weighted by molar-refractivity contribution is 5.65. The first-order chi connectivity index (χ1) is 14.2. The third kappa shape index (κ3) is 4.71. The van der Waals surface area contributed by atoms with Crippen molar-refractivity contribution in [3.8, 4) is 23.1 Å². The zero-order valence-corrected chi connectivity index (χ0v) is 16.3. The average Bonchev–Trinajstić information content (AvgIpc) is 2.76. The first-order valence-electron chi connectivity index (χ1n) is 9.67. The topological polar surface area (TPSA) is 80.1 Å². The monoisotopic (exact) mass is 386 g/mol. The number of nitriles is 1. The first-order valence-corrected chi connectivity index (χ1v) is 9.67. The number of rotatable bonds is 5. The fraction of sp³-hybridized carbons (Fsp3) is 0.261. The molecule has 1 N–H and O–H groups in total. The second kappa shape index (κ2) is 8.72. The number of ether oxygens (including phenoxy) is 2. The molecule has 1 fully saturated rings. The molecule has 146 valence electrons. The van der Waals surface area contributed by atoms with Crippen molar-refractivity contribution in [2.24, 2.45) is 0 Å². The van der Waals surface area contributed by atoms with E-state index in [4.69, 9.17) is 9.47 Å². The van der Waals surface area contributed by atoms with Gasteiger partial charge in [0.25, 0.3) is 0 Å². The Labute approximate surface area is 170 Å². The summed E-state index contributed by atoms with van der Waals surface area (Å²) in [5.41, 5.74) is 4.20. The molecule has 0 unspecified atom stereocenters. The molecule has 2 heterocycles. The highest BCUT2D eigenvalue weighted by atomic mass is 16.5. The molecule has 0 spiro atoms. The van der Waals surface area contributed by atoms with E-state index in [0.29, 0.717) is 30.5 Å². The molecule has 1 aromatic heterocycles. The van der Waals surface area contributed by atoms with Gasteiger partial charge in [-0.05, 0) is 43.3 Å². The van der Waals surface area contributed by atoms with E-state index in [1.165, 1.54) is 5.56 Å². The lowest BCUT2D eigenvalue weighted by Crippen LogP contribution is -2.26. The standard InChI is InChI=1S/C23H22N4O2/c1-16-2-5-19(6-3-16)26-23-25-11-8-21(27-23)17-4-7-22(18(14-17)15-24)29-20-9-12-28-13-10-20/h2-8,11,14,20H,9-10,12-13H2,1H3,(H,25,26,27). The highest BCUT2D eigenvalue weighted by Crippen LogP contribution is 2.28. The molecule has 6 nitrogen and oxygen atoms in total. The minimum Gasteiger partial charge on any atom is -0.489 e. The van der Waals surface area contributed by atoms with Gasteiger partial charge in [0.2, 0.25) is 5.95 Å². The Morgan fingerprint density at radius 3 is 2.66 bits per heavy atom. The third-order valence-electron chi connectivity index (χ3n) is 4.82. The van der Waals surface area contributed by atoms with Gasteiger partial charge in [0.1, 0.15) is 17.9 Å². The fourth-order valence-corrected chi connectivity index (χ4v) is 3.20. The minimum atomic E-state index is 0.0889. The van der Waals surface area contributed by atoms with E-state index >= 15 is 0 Å². The van der Waals surface area contributed by atoms with E-state index in [2.05, 4.69) is 21.4 Å². The zero-order chi connectivity index (χ0) is 20.1. The molecular formula is C23H22N4O2. The van der Waals surface area contributed by atoms with Crippen LogP contribution < -0.4 is 10.1 Å². The lowest BCUT2D eigenvalue weighted by atomic mass is 10.1. The molecule has 1 saturated heterocycles. The summed E-state index contributed by atoms with van der Waals surface area (Å²) in [4.78, 5) is 8.89. The molecule has 1 aliphatic heterocycles. The molecule has 0 saturated carbocycles. The molecule has 29 heavy (non-hydrogen) atoms. The van der Waals surface area contributed by atoms with E-state index in [1.54, 1.807) is 6.20 Å². The van der Waals surface area contributed by atoms with Gasteiger partial charge < -0.3 is 14.8 Å². The summed E-state index contributed by atoms with van der Waals surface area (Å²) in [6.45, 7) is 3.44. The van der Waals surface area contributed by atoms with Gasteiger partial charge in [0, 0.05) is 30.3 Å². The van der Waals surface area contributed by atoms with E-state index < -0.39 is 0 Å². The van der Waals surface area contributed by atoms with Crippen LogP contribution in [-0.2, 0) is 4.74 Å². The van der Waals surface area contributed by atoms with Crippen LogP contribution in [0.2, 0.25) is 0 Å². The summed E-state index contributed by atoms with van der Waals surface area (Å²) >= 11 is 0. The van der Waals surface area contributed by atoms with Gasteiger partial charge in [-0.15, -0.1) is 0 Å². The van der Waals surface area contributed by atoms with Crippen molar-refractivity contribution in [2.75, 3.05) is 18.5 Å². The SMILES string of the molecule is Cc1ccc(Nc2nccc(-c3ccc(OC4CCOCC4)c(C#N)c3)n2)cc1. The molecule has 2 aromatic carbocycles. The number of anilines is 2. The number of hydrogen-bond acceptors (Lipinski definition) is 6. The summed E-state index contributed by atoms with van der Waals surface area (Å²) in [5, 5.41) is 12.8. The summed E-state index contributed by atoms with van der Waals surface area (Å²) < 4.78 is 11.4. The molecule has 0 radical (unpaired) electrons. The molecule has 4 rings (SSSR count). The van der Waals surface area contributed by atoms with Crippen molar-refractivity contribution >= 4 is 11.6 Å². The lowest BCUT2D eigenvalue weighted by Gasteiger charge is -2.23. The third-order valence-corrected chi connectivity index (χ3v) is 4.82. The van der Waals surface area contributed by atoms with Crippen LogP contribution in [0.1, 0.15) is 24.0 Å². The summed E-state index contributed by atoms with van der Waals surface area (Å²) in [5.74, 6) is 1.11. The van der Waals surface area contributed by atoms with Crippen molar-refractivity contribution in [1.29, 1.82) is 5.26 Å². The Hall–Kier alpha value is -3.43. The highest BCUT2D eigenvalue weighted by Gasteiger charge is 2.17. The lowest BCUT2D eigenvalue weighted by molar-refractivity contribution is 0.0254. The van der Waals surface area contributed by atoms with Crippen LogP contribution >= 0.6 is 0 Å². The van der Waals surface area contributed by atoms with E-state index in [-0.39, 0.29) is 6.10 Å². The zero-order valence-electron chi connectivity index (χ0n) is 16.3. The predicted molar refractivity (Wildman–Crippen MR) is 111 cm³/mol. The molecule has 0 aliphatic carbocycles. The average molecular weight is 386 g/mol. The predicted octanol–water partition coefficient (Wildman–Crippen LogP) is 4.63. The van der Waals surface area contributed by atoms with Gasteiger partial charge in [0.15, 0.2) is 0 Å². The molecule has 3 aromatic rings. The smallest absolute Gasteiger partial charge is 0.227 e. The molecule has 1 aliphatic rings. The van der Waals surface area contributed by atoms with E-state index in [9.17, 15) is 5.26 Å². The van der Waals surface area contributed by atoms with Crippen molar-refractivity contribution < 1.29 is 9.47 Å². The molecule has 6 heteroatoms. The van der Waals surface area contributed by atoms with Gasteiger partial charge >= 0.3 is 0 Å². The van der Waals surface area contributed by atoms with Gasteiger partial charge in [0.05, 0.1) is 24.5 Å². The Bertz CT molecular complexity index is 1020. The van der Waals surface area contributed by atoms with Crippen LogP contribution in [0.5, 0.6) is 5.75 Å². The normalized spacial score (nSPS) is 14.2.